The predicted molar refractivity (Wildman–Crippen MR) is 111 cm³/mol. The van der Waals surface area contributed by atoms with E-state index in [1.165, 1.54) is 7.05 Å². The molecule has 29 heavy (non-hydrogen) atoms. The number of piperidine rings is 1. The Bertz CT molecular complexity index is 850. The van der Waals surface area contributed by atoms with Gasteiger partial charge in [0.1, 0.15) is 11.6 Å². The van der Waals surface area contributed by atoms with Crippen molar-refractivity contribution in [2.45, 2.75) is 19.3 Å². The smallest absolute Gasteiger partial charge is 0.407 e. The second-order valence-electron chi connectivity index (χ2n) is 7.12. The summed E-state index contributed by atoms with van der Waals surface area (Å²) in [5.41, 5.74) is 0. The van der Waals surface area contributed by atoms with Gasteiger partial charge in [-0.1, -0.05) is 0 Å². The minimum absolute atomic E-state index is 0.259. The number of pyridine rings is 1. The first kappa shape index (κ1) is 20.7. The van der Waals surface area contributed by atoms with Gasteiger partial charge < -0.3 is 25.0 Å². The monoisotopic (exact) mass is 400 g/mol. The summed E-state index contributed by atoms with van der Waals surface area (Å²) in [5, 5.41) is 7.36. The summed E-state index contributed by atoms with van der Waals surface area (Å²) in [7, 11) is 3.17. The standard InChI is InChI=1S/C21H28N4O4/c1-22-19(26)14-29-21(27)24-9-5-15-7-11-25(12-8-15)20-18-4-3-17(28-2)13-16(18)6-10-23-20/h3-4,6,10,13,15H,5,7-9,11-12,14H2,1-2H3,(H,22,26)(H,24,27). The third-order valence-corrected chi connectivity index (χ3v) is 5.30. The Morgan fingerprint density at radius 3 is 2.76 bits per heavy atom. The number of ether oxygens (including phenoxy) is 2. The minimum Gasteiger partial charge on any atom is -0.497 e. The van der Waals surface area contributed by atoms with Gasteiger partial charge in [0, 0.05) is 38.3 Å². The van der Waals surface area contributed by atoms with Crippen LogP contribution in [0.3, 0.4) is 0 Å². The zero-order valence-corrected chi connectivity index (χ0v) is 16.9. The van der Waals surface area contributed by atoms with Gasteiger partial charge >= 0.3 is 6.09 Å². The molecule has 0 unspecified atom stereocenters. The summed E-state index contributed by atoms with van der Waals surface area (Å²) in [4.78, 5) is 29.6. The van der Waals surface area contributed by atoms with E-state index in [0.717, 1.165) is 54.7 Å². The molecule has 8 nitrogen and oxygen atoms in total. The molecule has 1 aromatic carbocycles. The largest absolute Gasteiger partial charge is 0.497 e. The minimum atomic E-state index is -0.554. The molecule has 1 aromatic heterocycles. The normalized spacial score (nSPS) is 14.5. The van der Waals surface area contributed by atoms with Crippen LogP contribution in [0.15, 0.2) is 30.5 Å². The number of carbonyl (C=O) groups excluding carboxylic acids is 2. The van der Waals surface area contributed by atoms with Crippen LogP contribution in [0.25, 0.3) is 10.8 Å². The van der Waals surface area contributed by atoms with E-state index < -0.39 is 6.09 Å². The Labute approximate surface area is 170 Å². The number of rotatable bonds is 7. The van der Waals surface area contributed by atoms with Crippen LogP contribution in [-0.4, -0.2) is 57.4 Å². The number of fused-ring (bicyclic) bond motifs is 1. The van der Waals surface area contributed by atoms with Crippen molar-refractivity contribution in [3.63, 3.8) is 0 Å². The van der Waals surface area contributed by atoms with Crippen molar-refractivity contribution in [3.8, 4) is 5.75 Å². The SMILES string of the molecule is CNC(=O)COC(=O)NCCC1CCN(c2nccc3cc(OC)ccc23)CC1. The maximum atomic E-state index is 11.6. The van der Waals surface area contributed by atoms with Crippen molar-refractivity contribution < 1.29 is 19.1 Å². The van der Waals surface area contributed by atoms with Gasteiger partial charge in [-0.15, -0.1) is 0 Å². The van der Waals surface area contributed by atoms with Gasteiger partial charge in [-0.3, -0.25) is 4.79 Å². The topological polar surface area (TPSA) is 92.8 Å². The molecule has 1 aliphatic rings. The summed E-state index contributed by atoms with van der Waals surface area (Å²) in [6.45, 7) is 2.15. The fraction of sp³-hybridized carbons (Fsp3) is 0.476. The zero-order valence-electron chi connectivity index (χ0n) is 16.9. The third-order valence-electron chi connectivity index (χ3n) is 5.30. The van der Waals surface area contributed by atoms with E-state index in [-0.39, 0.29) is 12.5 Å². The fourth-order valence-corrected chi connectivity index (χ4v) is 3.59. The highest BCUT2D eigenvalue weighted by Crippen LogP contribution is 2.31. The molecule has 2 aromatic rings. The molecular weight excluding hydrogens is 372 g/mol. The van der Waals surface area contributed by atoms with E-state index in [0.29, 0.717) is 12.5 Å². The molecule has 1 aliphatic heterocycles. The lowest BCUT2D eigenvalue weighted by Gasteiger charge is -2.33. The average molecular weight is 400 g/mol. The van der Waals surface area contributed by atoms with Crippen LogP contribution < -0.4 is 20.3 Å². The van der Waals surface area contributed by atoms with E-state index in [1.807, 2.05) is 24.4 Å². The molecule has 2 N–H and O–H groups in total. The fourth-order valence-electron chi connectivity index (χ4n) is 3.59. The van der Waals surface area contributed by atoms with Crippen LogP contribution in [0.4, 0.5) is 10.6 Å². The highest BCUT2D eigenvalue weighted by Gasteiger charge is 2.21. The number of carbonyl (C=O) groups is 2. The molecule has 0 saturated carbocycles. The maximum Gasteiger partial charge on any atom is 0.407 e. The number of hydrogen-bond acceptors (Lipinski definition) is 6. The Balaban J connectivity index is 1.47. The van der Waals surface area contributed by atoms with Crippen LogP contribution in [0.5, 0.6) is 5.75 Å². The van der Waals surface area contributed by atoms with Crippen LogP contribution >= 0.6 is 0 Å². The molecule has 156 valence electrons. The number of nitrogens with zero attached hydrogens (tertiary/aromatic N) is 2. The van der Waals surface area contributed by atoms with Crippen molar-refractivity contribution in [1.29, 1.82) is 0 Å². The lowest BCUT2D eigenvalue weighted by atomic mass is 9.93. The molecule has 0 atom stereocenters. The van der Waals surface area contributed by atoms with Crippen molar-refractivity contribution in [2.75, 3.05) is 45.3 Å². The number of aromatic nitrogens is 1. The van der Waals surface area contributed by atoms with Gasteiger partial charge in [-0.2, -0.15) is 0 Å². The van der Waals surface area contributed by atoms with Crippen LogP contribution in [0.2, 0.25) is 0 Å². The highest BCUT2D eigenvalue weighted by molar-refractivity contribution is 5.93. The summed E-state index contributed by atoms with van der Waals surface area (Å²) in [6.07, 6.45) is 4.27. The Hall–Kier alpha value is -3.03. The predicted octanol–water partition coefficient (Wildman–Crippen LogP) is 2.32. The molecule has 1 saturated heterocycles. The van der Waals surface area contributed by atoms with E-state index in [9.17, 15) is 9.59 Å². The lowest BCUT2D eigenvalue weighted by molar-refractivity contribution is -0.123. The van der Waals surface area contributed by atoms with Crippen LogP contribution in [-0.2, 0) is 9.53 Å². The summed E-state index contributed by atoms with van der Waals surface area (Å²) < 4.78 is 10.1. The number of nitrogens with one attached hydrogen (secondary N) is 2. The molecule has 2 heterocycles. The van der Waals surface area contributed by atoms with E-state index in [1.54, 1.807) is 7.11 Å². The number of benzene rings is 1. The molecule has 0 spiro atoms. The van der Waals surface area contributed by atoms with E-state index >= 15 is 0 Å². The molecule has 1 fully saturated rings. The summed E-state index contributed by atoms with van der Waals surface area (Å²) in [5.74, 6) is 2.07. The molecule has 0 radical (unpaired) electrons. The number of alkyl carbamates (subject to hydrolysis) is 1. The lowest BCUT2D eigenvalue weighted by Crippen LogP contribution is -2.36. The van der Waals surface area contributed by atoms with Crippen LogP contribution in [0.1, 0.15) is 19.3 Å². The Kier molecular flexibility index (Phi) is 7.10. The second-order valence-corrected chi connectivity index (χ2v) is 7.12. The van der Waals surface area contributed by atoms with E-state index in [2.05, 4.69) is 26.6 Å². The zero-order chi connectivity index (χ0) is 20.6. The van der Waals surface area contributed by atoms with Gasteiger partial charge in [0.15, 0.2) is 6.61 Å². The number of anilines is 1. The summed E-state index contributed by atoms with van der Waals surface area (Å²) >= 11 is 0. The first-order valence-corrected chi connectivity index (χ1v) is 9.89. The third kappa shape index (κ3) is 5.49. The maximum absolute atomic E-state index is 11.6. The van der Waals surface area contributed by atoms with Gasteiger partial charge in [0.25, 0.3) is 5.91 Å². The second kappa shape index (κ2) is 9.95. The first-order valence-electron chi connectivity index (χ1n) is 9.89. The molecule has 2 amide bonds. The average Bonchev–Trinajstić information content (AvgIpc) is 2.77. The van der Waals surface area contributed by atoms with Gasteiger partial charge in [0.2, 0.25) is 0 Å². The van der Waals surface area contributed by atoms with E-state index in [4.69, 9.17) is 9.47 Å². The van der Waals surface area contributed by atoms with Gasteiger partial charge in [0.05, 0.1) is 7.11 Å². The van der Waals surface area contributed by atoms with Gasteiger partial charge in [-0.25, -0.2) is 9.78 Å². The van der Waals surface area contributed by atoms with Crippen molar-refractivity contribution in [1.82, 2.24) is 15.6 Å². The van der Waals surface area contributed by atoms with Crippen LogP contribution in [0, 0.1) is 5.92 Å². The molecule has 3 rings (SSSR count). The number of methoxy groups -OCH3 is 1. The molecular formula is C21H28N4O4. The number of likely N-dealkylation sites (N-methyl/N-ethyl adjacent to an activating group) is 1. The van der Waals surface area contributed by atoms with Crippen molar-refractivity contribution in [2.24, 2.45) is 5.92 Å². The first-order chi connectivity index (χ1) is 14.1. The Morgan fingerprint density at radius 2 is 2.03 bits per heavy atom. The number of amides is 2. The highest BCUT2D eigenvalue weighted by atomic mass is 16.6. The summed E-state index contributed by atoms with van der Waals surface area (Å²) in [6, 6.07) is 8.07. The number of hydrogen-bond donors (Lipinski definition) is 2. The Morgan fingerprint density at radius 1 is 1.24 bits per heavy atom. The van der Waals surface area contributed by atoms with Crippen molar-refractivity contribution >= 4 is 28.6 Å². The molecule has 8 heteroatoms. The quantitative estimate of drug-likeness (QED) is 0.741. The molecule has 0 bridgehead atoms. The van der Waals surface area contributed by atoms with Gasteiger partial charge in [-0.05, 0) is 54.8 Å². The van der Waals surface area contributed by atoms with Crippen molar-refractivity contribution in [3.05, 3.63) is 30.5 Å². The molecule has 0 aliphatic carbocycles.